The van der Waals surface area contributed by atoms with Crippen LogP contribution in [-0.2, 0) is 0 Å². The third-order valence-electron chi connectivity index (χ3n) is 2.79. The van der Waals surface area contributed by atoms with Crippen molar-refractivity contribution >= 4 is 11.6 Å². The van der Waals surface area contributed by atoms with E-state index in [-0.39, 0.29) is 18.6 Å². The van der Waals surface area contributed by atoms with E-state index in [0.717, 1.165) is 17.5 Å². The SMILES string of the molecule is CNc1cc(N(C)C(C)CO)nc(C(C)C)n1. The number of nitrogens with one attached hydrogen (secondary N) is 1. The van der Waals surface area contributed by atoms with Crippen LogP contribution in [-0.4, -0.2) is 41.8 Å². The highest BCUT2D eigenvalue weighted by Crippen LogP contribution is 2.20. The summed E-state index contributed by atoms with van der Waals surface area (Å²) in [6, 6.07) is 1.92. The molecule has 0 bridgehead atoms. The minimum absolute atomic E-state index is 0.0367. The molecule has 5 heteroatoms. The van der Waals surface area contributed by atoms with E-state index in [0.29, 0.717) is 0 Å². The standard InChI is InChI=1S/C12H22N4O/c1-8(2)12-14-10(13-4)6-11(15-12)16(5)9(3)7-17/h6,8-9,17H,7H2,1-5H3,(H,13,14,15). The Morgan fingerprint density at radius 3 is 2.47 bits per heavy atom. The van der Waals surface area contributed by atoms with Gasteiger partial charge in [-0.15, -0.1) is 0 Å². The normalized spacial score (nSPS) is 12.6. The Balaban J connectivity index is 3.10. The summed E-state index contributed by atoms with van der Waals surface area (Å²) in [7, 11) is 3.76. The molecule has 0 fully saturated rings. The summed E-state index contributed by atoms with van der Waals surface area (Å²) >= 11 is 0. The number of likely N-dealkylation sites (N-methyl/N-ethyl adjacent to an activating group) is 1. The molecule has 0 aliphatic rings. The molecule has 1 aromatic heterocycles. The molecule has 0 aromatic carbocycles. The molecule has 2 N–H and O–H groups in total. The second kappa shape index (κ2) is 5.82. The van der Waals surface area contributed by atoms with Crippen LogP contribution in [0.4, 0.5) is 11.6 Å². The van der Waals surface area contributed by atoms with Crippen molar-refractivity contribution < 1.29 is 5.11 Å². The fraction of sp³-hybridized carbons (Fsp3) is 0.667. The highest BCUT2D eigenvalue weighted by atomic mass is 16.3. The first-order valence-corrected chi connectivity index (χ1v) is 5.90. The quantitative estimate of drug-likeness (QED) is 0.813. The summed E-state index contributed by atoms with van der Waals surface area (Å²) in [4.78, 5) is 10.9. The Hall–Kier alpha value is -1.36. The van der Waals surface area contributed by atoms with E-state index in [1.807, 2.05) is 32.0 Å². The van der Waals surface area contributed by atoms with Crippen molar-refractivity contribution in [1.29, 1.82) is 0 Å². The number of hydrogen-bond acceptors (Lipinski definition) is 5. The first-order valence-electron chi connectivity index (χ1n) is 5.90. The molecule has 0 spiro atoms. The molecule has 0 aliphatic carbocycles. The molecular weight excluding hydrogens is 216 g/mol. The summed E-state index contributed by atoms with van der Waals surface area (Å²) in [5.41, 5.74) is 0. The van der Waals surface area contributed by atoms with Crippen LogP contribution in [0.2, 0.25) is 0 Å². The van der Waals surface area contributed by atoms with Gasteiger partial charge in [-0.1, -0.05) is 13.8 Å². The van der Waals surface area contributed by atoms with E-state index >= 15 is 0 Å². The Kier molecular flexibility index (Phi) is 4.69. The average molecular weight is 238 g/mol. The van der Waals surface area contributed by atoms with Crippen LogP contribution in [0.5, 0.6) is 0 Å². The van der Waals surface area contributed by atoms with E-state index in [2.05, 4.69) is 29.1 Å². The Labute approximate surface area is 103 Å². The van der Waals surface area contributed by atoms with Gasteiger partial charge in [-0.05, 0) is 6.92 Å². The molecule has 1 heterocycles. The van der Waals surface area contributed by atoms with Crippen molar-refractivity contribution in [2.75, 3.05) is 30.9 Å². The third kappa shape index (κ3) is 3.30. The van der Waals surface area contributed by atoms with E-state index in [4.69, 9.17) is 0 Å². The third-order valence-corrected chi connectivity index (χ3v) is 2.79. The predicted molar refractivity (Wildman–Crippen MR) is 70.6 cm³/mol. The highest BCUT2D eigenvalue weighted by Gasteiger charge is 2.14. The molecule has 96 valence electrons. The molecular formula is C12H22N4O. The molecule has 1 rings (SSSR count). The number of rotatable bonds is 5. The second-order valence-corrected chi connectivity index (χ2v) is 4.52. The van der Waals surface area contributed by atoms with Gasteiger partial charge in [-0.2, -0.15) is 0 Å². The van der Waals surface area contributed by atoms with Crippen molar-refractivity contribution in [3.8, 4) is 0 Å². The Bertz CT molecular complexity index is 368. The van der Waals surface area contributed by atoms with Crippen LogP contribution in [0.1, 0.15) is 32.5 Å². The number of aliphatic hydroxyl groups excluding tert-OH is 1. The molecule has 0 aliphatic heterocycles. The zero-order valence-electron chi connectivity index (χ0n) is 11.2. The molecule has 1 aromatic rings. The van der Waals surface area contributed by atoms with Gasteiger partial charge < -0.3 is 15.3 Å². The summed E-state index contributed by atoms with van der Waals surface area (Å²) in [6.07, 6.45) is 0. The smallest absolute Gasteiger partial charge is 0.135 e. The predicted octanol–water partition coefficient (Wildman–Crippen LogP) is 1.46. The van der Waals surface area contributed by atoms with Gasteiger partial charge in [0.25, 0.3) is 0 Å². The number of hydrogen-bond donors (Lipinski definition) is 2. The van der Waals surface area contributed by atoms with E-state index in [1.54, 1.807) is 0 Å². The monoisotopic (exact) mass is 238 g/mol. The molecule has 0 amide bonds. The van der Waals surface area contributed by atoms with Gasteiger partial charge in [-0.25, -0.2) is 9.97 Å². The van der Waals surface area contributed by atoms with Gasteiger partial charge in [0.15, 0.2) is 0 Å². The van der Waals surface area contributed by atoms with Gasteiger partial charge in [0, 0.05) is 26.1 Å². The first kappa shape index (κ1) is 13.7. The van der Waals surface area contributed by atoms with Gasteiger partial charge in [0.1, 0.15) is 17.5 Å². The maximum Gasteiger partial charge on any atom is 0.135 e. The van der Waals surface area contributed by atoms with Crippen molar-refractivity contribution in [1.82, 2.24) is 9.97 Å². The maximum atomic E-state index is 9.17. The lowest BCUT2D eigenvalue weighted by Crippen LogP contribution is -2.32. The minimum Gasteiger partial charge on any atom is -0.394 e. The van der Waals surface area contributed by atoms with Gasteiger partial charge in [-0.3, -0.25) is 0 Å². The summed E-state index contributed by atoms with van der Waals surface area (Å²) in [5.74, 6) is 2.72. The zero-order chi connectivity index (χ0) is 13.0. The lowest BCUT2D eigenvalue weighted by molar-refractivity contribution is 0.269. The molecule has 17 heavy (non-hydrogen) atoms. The van der Waals surface area contributed by atoms with Crippen LogP contribution in [0.25, 0.3) is 0 Å². The molecule has 0 saturated carbocycles. The first-order chi connectivity index (χ1) is 7.99. The summed E-state index contributed by atoms with van der Waals surface area (Å²) in [6.45, 7) is 6.19. The second-order valence-electron chi connectivity index (χ2n) is 4.52. The number of anilines is 2. The van der Waals surface area contributed by atoms with Crippen LogP contribution in [0.15, 0.2) is 6.07 Å². The van der Waals surface area contributed by atoms with E-state index < -0.39 is 0 Å². The highest BCUT2D eigenvalue weighted by molar-refractivity contribution is 5.49. The van der Waals surface area contributed by atoms with Crippen LogP contribution < -0.4 is 10.2 Å². The largest absolute Gasteiger partial charge is 0.394 e. The van der Waals surface area contributed by atoms with E-state index in [9.17, 15) is 5.11 Å². The van der Waals surface area contributed by atoms with Gasteiger partial charge in [0.2, 0.25) is 0 Å². The molecule has 0 radical (unpaired) electrons. The maximum absolute atomic E-state index is 9.17. The topological polar surface area (TPSA) is 61.3 Å². The van der Waals surface area contributed by atoms with Gasteiger partial charge >= 0.3 is 0 Å². The van der Waals surface area contributed by atoms with Crippen LogP contribution >= 0.6 is 0 Å². The summed E-state index contributed by atoms with van der Waals surface area (Å²) in [5, 5.41) is 12.2. The van der Waals surface area contributed by atoms with Crippen molar-refractivity contribution in [2.24, 2.45) is 0 Å². The fourth-order valence-electron chi connectivity index (χ4n) is 1.37. The van der Waals surface area contributed by atoms with Crippen LogP contribution in [0, 0.1) is 0 Å². The fourth-order valence-corrected chi connectivity index (χ4v) is 1.37. The van der Waals surface area contributed by atoms with Crippen molar-refractivity contribution in [3.63, 3.8) is 0 Å². The molecule has 1 atom stereocenters. The number of aliphatic hydroxyl groups is 1. The Morgan fingerprint density at radius 1 is 1.35 bits per heavy atom. The number of nitrogens with zero attached hydrogens (tertiary/aromatic N) is 3. The summed E-state index contributed by atoms with van der Waals surface area (Å²) < 4.78 is 0. The van der Waals surface area contributed by atoms with Crippen LogP contribution in [0.3, 0.4) is 0 Å². The Morgan fingerprint density at radius 2 is 2.00 bits per heavy atom. The minimum atomic E-state index is 0.0367. The number of aromatic nitrogens is 2. The average Bonchev–Trinajstić information content (AvgIpc) is 2.36. The zero-order valence-corrected chi connectivity index (χ0v) is 11.2. The van der Waals surface area contributed by atoms with Crippen molar-refractivity contribution in [3.05, 3.63) is 11.9 Å². The molecule has 5 nitrogen and oxygen atoms in total. The van der Waals surface area contributed by atoms with Crippen molar-refractivity contribution in [2.45, 2.75) is 32.7 Å². The van der Waals surface area contributed by atoms with E-state index in [1.165, 1.54) is 0 Å². The molecule has 1 unspecified atom stereocenters. The lowest BCUT2D eigenvalue weighted by Gasteiger charge is -2.25. The van der Waals surface area contributed by atoms with Gasteiger partial charge in [0.05, 0.1) is 12.6 Å². The molecule has 0 saturated heterocycles. The lowest BCUT2D eigenvalue weighted by atomic mass is 10.2.